The molecule has 0 radical (unpaired) electrons. The normalized spacial score (nSPS) is 24.4. The van der Waals surface area contributed by atoms with E-state index in [2.05, 4.69) is 0 Å². The van der Waals surface area contributed by atoms with E-state index >= 15 is 0 Å². The van der Waals surface area contributed by atoms with Crippen LogP contribution in [0.15, 0.2) is 0 Å². The summed E-state index contributed by atoms with van der Waals surface area (Å²) in [5.41, 5.74) is -0.601. The number of amides is 1. The number of hydrogen-bond acceptors (Lipinski definition) is 3. The molecule has 1 saturated heterocycles. The monoisotopic (exact) mass is 257 g/mol. The van der Waals surface area contributed by atoms with E-state index in [4.69, 9.17) is 4.74 Å². The van der Waals surface area contributed by atoms with Gasteiger partial charge in [0.05, 0.1) is 0 Å². The van der Waals surface area contributed by atoms with E-state index in [1.807, 2.05) is 13.8 Å². The van der Waals surface area contributed by atoms with Crippen LogP contribution in [0.3, 0.4) is 0 Å². The molecule has 1 amide bonds. The summed E-state index contributed by atoms with van der Waals surface area (Å²) in [5.74, 6) is -0.373. The Labute approximate surface area is 108 Å². The summed E-state index contributed by atoms with van der Waals surface area (Å²) >= 11 is 0. The second-order valence-electron chi connectivity index (χ2n) is 6.23. The predicted octanol–water partition coefficient (Wildman–Crippen LogP) is 2.35. The van der Waals surface area contributed by atoms with E-state index in [-0.39, 0.29) is 5.92 Å². The lowest BCUT2D eigenvalue weighted by Crippen LogP contribution is -2.43. The first kappa shape index (κ1) is 14.8. The lowest BCUT2D eigenvalue weighted by atomic mass is 9.93. The van der Waals surface area contributed by atoms with Crippen LogP contribution < -0.4 is 0 Å². The molecule has 0 aromatic heterocycles. The van der Waals surface area contributed by atoms with E-state index in [1.165, 1.54) is 4.90 Å². The fourth-order valence-corrected chi connectivity index (χ4v) is 2.11. The number of nitrogens with zero attached hydrogens (tertiary/aromatic N) is 1. The van der Waals surface area contributed by atoms with Crippen LogP contribution in [0.25, 0.3) is 0 Å². The summed E-state index contributed by atoms with van der Waals surface area (Å²) in [6.07, 6.45) is -0.0234. The molecule has 0 bridgehead atoms. The van der Waals surface area contributed by atoms with Crippen molar-refractivity contribution >= 4 is 12.1 Å². The van der Waals surface area contributed by atoms with Crippen molar-refractivity contribution in [2.75, 3.05) is 6.54 Å². The Balaban J connectivity index is 2.78. The number of rotatable bonds is 2. The first-order chi connectivity index (χ1) is 8.11. The third-order valence-corrected chi connectivity index (χ3v) is 3.19. The molecule has 1 aliphatic heterocycles. The summed E-state index contributed by atoms with van der Waals surface area (Å²) in [6.45, 7) is 9.87. The summed E-state index contributed by atoms with van der Waals surface area (Å²) in [7, 11) is 0. The number of ether oxygens (including phenoxy) is 1. The molecule has 104 valence electrons. The number of carbonyl (C=O) groups is 2. The van der Waals surface area contributed by atoms with Crippen molar-refractivity contribution in [1.82, 2.24) is 4.90 Å². The maximum Gasteiger partial charge on any atom is 0.411 e. The van der Waals surface area contributed by atoms with E-state index in [0.717, 1.165) is 0 Å². The minimum Gasteiger partial charge on any atom is -0.480 e. The predicted molar refractivity (Wildman–Crippen MR) is 67.3 cm³/mol. The molecule has 0 spiro atoms. The largest absolute Gasteiger partial charge is 0.480 e. The van der Waals surface area contributed by atoms with E-state index in [1.54, 1.807) is 20.8 Å². The number of carboxylic acids is 1. The average molecular weight is 257 g/mol. The topological polar surface area (TPSA) is 66.8 Å². The molecule has 1 heterocycles. The quantitative estimate of drug-likeness (QED) is 0.824. The second-order valence-corrected chi connectivity index (χ2v) is 6.23. The van der Waals surface area contributed by atoms with Gasteiger partial charge in [-0.25, -0.2) is 9.59 Å². The summed E-state index contributed by atoms with van der Waals surface area (Å²) in [4.78, 5) is 24.5. The van der Waals surface area contributed by atoms with Crippen LogP contribution in [0.1, 0.15) is 41.0 Å². The van der Waals surface area contributed by atoms with Gasteiger partial charge in [-0.05, 0) is 39.0 Å². The fraction of sp³-hybridized carbons (Fsp3) is 0.846. The molecular weight excluding hydrogens is 234 g/mol. The minimum atomic E-state index is -0.955. The Kier molecular flexibility index (Phi) is 4.24. The first-order valence-electron chi connectivity index (χ1n) is 6.34. The maximum absolute atomic E-state index is 12.0. The van der Waals surface area contributed by atoms with Crippen molar-refractivity contribution in [2.24, 2.45) is 11.8 Å². The first-order valence-corrected chi connectivity index (χ1v) is 6.34. The second kappa shape index (κ2) is 5.16. The zero-order valence-electron chi connectivity index (χ0n) is 11.8. The van der Waals surface area contributed by atoms with Crippen LogP contribution in [-0.2, 0) is 9.53 Å². The highest BCUT2D eigenvalue weighted by atomic mass is 16.6. The molecule has 18 heavy (non-hydrogen) atoms. The molecule has 5 heteroatoms. The van der Waals surface area contributed by atoms with Gasteiger partial charge in [-0.3, -0.25) is 4.90 Å². The van der Waals surface area contributed by atoms with E-state index < -0.39 is 23.7 Å². The van der Waals surface area contributed by atoms with Crippen molar-refractivity contribution in [3.05, 3.63) is 0 Å². The van der Waals surface area contributed by atoms with Gasteiger partial charge in [0.2, 0.25) is 0 Å². The number of carboxylic acid groups (broad SMARTS) is 1. The molecule has 1 aliphatic rings. The van der Waals surface area contributed by atoms with Crippen LogP contribution >= 0.6 is 0 Å². The Bertz CT molecular complexity index is 332. The number of likely N-dealkylation sites (tertiary alicyclic amines) is 1. The summed E-state index contributed by atoms with van der Waals surface area (Å²) in [6, 6.07) is -0.757. The molecule has 1 rings (SSSR count). The Morgan fingerprint density at radius 3 is 2.28 bits per heavy atom. The van der Waals surface area contributed by atoms with Crippen molar-refractivity contribution < 1.29 is 19.4 Å². The van der Waals surface area contributed by atoms with Gasteiger partial charge in [-0.2, -0.15) is 0 Å². The molecule has 1 fully saturated rings. The summed E-state index contributed by atoms with van der Waals surface area (Å²) < 4.78 is 5.25. The molecule has 0 aliphatic carbocycles. The van der Waals surface area contributed by atoms with Crippen molar-refractivity contribution in [1.29, 1.82) is 0 Å². The van der Waals surface area contributed by atoms with Gasteiger partial charge in [-0.15, -0.1) is 0 Å². The average Bonchev–Trinajstić information content (AvgIpc) is 2.58. The van der Waals surface area contributed by atoms with Gasteiger partial charge in [0, 0.05) is 6.54 Å². The lowest BCUT2D eigenvalue weighted by Gasteiger charge is -2.27. The van der Waals surface area contributed by atoms with Crippen molar-refractivity contribution in [2.45, 2.75) is 52.7 Å². The Hall–Kier alpha value is -1.26. The standard InChI is InChI=1S/C13H23NO4/c1-8(2)9-6-10(11(15)16)14(7-9)12(17)18-13(3,4)5/h8-10H,6-7H2,1-5H3,(H,15,16). The van der Waals surface area contributed by atoms with Crippen LogP contribution in [0.5, 0.6) is 0 Å². The van der Waals surface area contributed by atoms with Gasteiger partial charge < -0.3 is 9.84 Å². The SMILES string of the molecule is CC(C)C1CC(C(=O)O)N(C(=O)OC(C)(C)C)C1. The van der Waals surface area contributed by atoms with Gasteiger partial charge in [-0.1, -0.05) is 13.8 Å². The van der Waals surface area contributed by atoms with E-state index in [0.29, 0.717) is 18.9 Å². The number of carbonyl (C=O) groups excluding carboxylic acids is 1. The number of aliphatic carboxylic acids is 1. The van der Waals surface area contributed by atoms with E-state index in [9.17, 15) is 14.7 Å². The molecule has 2 atom stereocenters. The third-order valence-electron chi connectivity index (χ3n) is 3.19. The van der Waals surface area contributed by atoms with Gasteiger partial charge in [0.25, 0.3) is 0 Å². The van der Waals surface area contributed by atoms with Crippen LogP contribution in [0, 0.1) is 11.8 Å². The lowest BCUT2D eigenvalue weighted by molar-refractivity contribution is -0.142. The highest BCUT2D eigenvalue weighted by Crippen LogP contribution is 2.30. The summed E-state index contributed by atoms with van der Waals surface area (Å²) in [5, 5.41) is 9.18. The zero-order valence-corrected chi connectivity index (χ0v) is 11.8. The van der Waals surface area contributed by atoms with Gasteiger partial charge in [0.1, 0.15) is 11.6 Å². The number of hydrogen-bond donors (Lipinski definition) is 1. The highest BCUT2D eigenvalue weighted by molar-refractivity contribution is 5.81. The third kappa shape index (κ3) is 3.62. The molecule has 0 aromatic carbocycles. The molecule has 5 nitrogen and oxygen atoms in total. The minimum absolute atomic E-state index is 0.221. The highest BCUT2D eigenvalue weighted by Gasteiger charge is 2.42. The Morgan fingerprint density at radius 1 is 1.33 bits per heavy atom. The maximum atomic E-state index is 12.0. The smallest absolute Gasteiger partial charge is 0.411 e. The molecule has 1 N–H and O–H groups in total. The van der Waals surface area contributed by atoms with Gasteiger partial charge in [0.15, 0.2) is 0 Å². The van der Waals surface area contributed by atoms with Crippen molar-refractivity contribution in [3.63, 3.8) is 0 Å². The van der Waals surface area contributed by atoms with Crippen LogP contribution in [0.4, 0.5) is 4.79 Å². The fourth-order valence-electron chi connectivity index (χ4n) is 2.11. The van der Waals surface area contributed by atoms with Crippen molar-refractivity contribution in [3.8, 4) is 0 Å². The zero-order chi connectivity index (χ0) is 14.1. The molecule has 2 unspecified atom stereocenters. The molecule has 0 aromatic rings. The van der Waals surface area contributed by atoms with Gasteiger partial charge >= 0.3 is 12.1 Å². The molecular formula is C13H23NO4. The van der Waals surface area contributed by atoms with Crippen LogP contribution in [-0.4, -0.2) is 40.3 Å². The Morgan fingerprint density at radius 2 is 1.89 bits per heavy atom. The molecule has 0 saturated carbocycles. The van der Waals surface area contributed by atoms with Crippen LogP contribution in [0.2, 0.25) is 0 Å².